The molecule has 128 valence electrons. The van der Waals surface area contributed by atoms with Crippen LogP contribution in [-0.4, -0.2) is 73.2 Å². The Labute approximate surface area is 141 Å². The first-order valence-electron chi connectivity index (χ1n) is 8.84. The monoisotopic (exact) mass is 316 g/mol. The molecule has 0 unspecified atom stereocenters. The summed E-state index contributed by atoms with van der Waals surface area (Å²) in [5.74, 6) is 0. The lowest BCUT2D eigenvalue weighted by atomic mass is 9.92. The second kappa shape index (κ2) is 6.89. The molecule has 0 radical (unpaired) electrons. The van der Waals surface area contributed by atoms with Crippen LogP contribution >= 0.6 is 0 Å². The molecule has 2 aliphatic rings. The molecule has 4 heteroatoms. The van der Waals surface area contributed by atoms with Gasteiger partial charge in [0.05, 0.1) is 13.3 Å². The molecular weight excluding hydrogens is 284 g/mol. The predicted molar refractivity (Wildman–Crippen MR) is 96.5 cm³/mol. The van der Waals surface area contributed by atoms with E-state index in [-0.39, 0.29) is 0 Å². The van der Waals surface area contributed by atoms with Crippen molar-refractivity contribution in [2.75, 3.05) is 53.6 Å². The Balaban J connectivity index is 1.80. The van der Waals surface area contributed by atoms with Crippen LogP contribution in [0.15, 0.2) is 6.07 Å². The van der Waals surface area contributed by atoms with Gasteiger partial charge in [-0.3, -0.25) is 19.6 Å². The summed E-state index contributed by atoms with van der Waals surface area (Å²) in [5.41, 5.74) is 7.53. The molecule has 2 aliphatic heterocycles. The van der Waals surface area contributed by atoms with Crippen molar-refractivity contribution < 1.29 is 0 Å². The lowest BCUT2D eigenvalue weighted by Gasteiger charge is -2.24. The van der Waals surface area contributed by atoms with Crippen molar-refractivity contribution in [3.63, 3.8) is 0 Å². The first kappa shape index (κ1) is 16.9. The highest BCUT2D eigenvalue weighted by molar-refractivity contribution is 5.44. The molecule has 1 aromatic carbocycles. The summed E-state index contributed by atoms with van der Waals surface area (Å²) >= 11 is 0. The van der Waals surface area contributed by atoms with Crippen molar-refractivity contribution in [3.05, 3.63) is 33.9 Å². The molecule has 23 heavy (non-hydrogen) atoms. The van der Waals surface area contributed by atoms with Gasteiger partial charge in [-0.2, -0.15) is 0 Å². The third-order valence-corrected chi connectivity index (χ3v) is 5.53. The molecule has 2 heterocycles. The first-order valence-corrected chi connectivity index (χ1v) is 8.84. The number of likely N-dealkylation sites (N-methyl/N-ethyl adjacent to an activating group) is 2. The highest BCUT2D eigenvalue weighted by Gasteiger charge is 2.22. The normalized spacial score (nSPS) is 21.6. The lowest BCUT2D eigenvalue weighted by Crippen LogP contribution is -2.25. The van der Waals surface area contributed by atoms with Crippen molar-refractivity contribution in [3.8, 4) is 0 Å². The molecule has 0 spiro atoms. The summed E-state index contributed by atoms with van der Waals surface area (Å²) in [6.45, 7) is 16.0. The van der Waals surface area contributed by atoms with Gasteiger partial charge in [0.2, 0.25) is 0 Å². The first-order chi connectivity index (χ1) is 10.9. The van der Waals surface area contributed by atoms with E-state index >= 15 is 0 Å². The Morgan fingerprint density at radius 2 is 1.17 bits per heavy atom. The van der Waals surface area contributed by atoms with Crippen molar-refractivity contribution in [1.82, 2.24) is 19.6 Å². The fourth-order valence-corrected chi connectivity index (χ4v) is 4.05. The molecule has 0 bridgehead atoms. The number of nitrogens with zero attached hydrogens (tertiary/aromatic N) is 4. The van der Waals surface area contributed by atoms with E-state index in [0.29, 0.717) is 0 Å². The second-order valence-electron chi connectivity index (χ2n) is 7.64. The van der Waals surface area contributed by atoms with Crippen LogP contribution < -0.4 is 0 Å². The molecule has 2 saturated heterocycles. The SMILES string of the molecule is Cc1cc(C)c(CN2CCN(C)C2)c(C)c1CN1CCN(C)C1. The third-order valence-electron chi connectivity index (χ3n) is 5.53. The average Bonchev–Trinajstić information content (AvgIpc) is 3.08. The van der Waals surface area contributed by atoms with Gasteiger partial charge in [0.25, 0.3) is 0 Å². The average molecular weight is 316 g/mol. The zero-order valence-electron chi connectivity index (χ0n) is 15.5. The Hall–Kier alpha value is -0.940. The van der Waals surface area contributed by atoms with E-state index in [1.165, 1.54) is 42.9 Å². The highest BCUT2D eigenvalue weighted by Crippen LogP contribution is 2.26. The fourth-order valence-electron chi connectivity index (χ4n) is 4.05. The number of aryl methyl sites for hydroxylation is 2. The minimum absolute atomic E-state index is 1.09. The Kier molecular flexibility index (Phi) is 5.07. The van der Waals surface area contributed by atoms with Gasteiger partial charge in [-0.25, -0.2) is 0 Å². The molecule has 0 N–H and O–H groups in total. The molecular formula is C19H32N4. The summed E-state index contributed by atoms with van der Waals surface area (Å²) in [4.78, 5) is 9.94. The van der Waals surface area contributed by atoms with Gasteiger partial charge < -0.3 is 0 Å². The molecule has 4 nitrogen and oxygen atoms in total. The highest BCUT2D eigenvalue weighted by atomic mass is 15.4. The summed E-state index contributed by atoms with van der Waals surface area (Å²) in [6, 6.07) is 2.40. The van der Waals surface area contributed by atoms with E-state index in [1.807, 2.05) is 0 Å². The van der Waals surface area contributed by atoms with E-state index < -0.39 is 0 Å². The maximum absolute atomic E-state index is 2.57. The molecule has 0 amide bonds. The van der Waals surface area contributed by atoms with Crippen LogP contribution in [0.2, 0.25) is 0 Å². The standard InChI is InChI=1S/C19H32N4/c1-15-10-16(2)19(12-23-9-7-21(5)14-23)17(3)18(15)11-22-8-6-20(4)13-22/h10H,6-9,11-14H2,1-5H3. The Morgan fingerprint density at radius 1 is 0.739 bits per heavy atom. The predicted octanol–water partition coefficient (Wildman–Crippen LogP) is 2.02. The summed E-state index contributed by atoms with van der Waals surface area (Å²) in [5, 5.41) is 0. The summed E-state index contributed by atoms with van der Waals surface area (Å²) in [6.07, 6.45) is 0. The zero-order chi connectivity index (χ0) is 16.6. The topological polar surface area (TPSA) is 13.0 Å². The number of benzene rings is 1. The quantitative estimate of drug-likeness (QED) is 0.842. The minimum Gasteiger partial charge on any atom is -0.292 e. The molecule has 0 saturated carbocycles. The van der Waals surface area contributed by atoms with Gasteiger partial charge in [-0.15, -0.1) is 0 Å². The van der Waals surface area contributed by atoms with Crippen molar-refractivity contribution >= 4 is 0 Å². The Morgan fingerprint density at radius 3 is 1.52 bits per heavy atom. The van der Waals surface area contributed by atoms with Gasteiger partial charge in [-0.1, -0.05) is 6.07 Å². The van der Waals surface area contributed by atoms with E-state index in [1.54, 1.807) is 11.1 Å². The zero-order valence-corrected chi connectivity index (χ0v) is 15.5. The largest absolute Gasteiger partial charge is 0.292 e. The van der Waals surface area contributed by atoms with Crippen molar-refractivity contribution in [2.45, 2.75) is 33.9 Å². The van der Waals surface area contributed by atoms with E-state index in [4.69, 9.17) is 0 Å². The van der Waals surface area contributed by atoms with Crippen LogP contribution in [0.5, 0.6) is 0 Å². The molecule has 2 fully saturated rings. The minimum atomic E-state index is 1.09. The molecule has 0 aliphatic carbocycles. The van der Waals surface area contributed by atoms with Crippen LogP contribution in [-0.2, 0) is 13.1 Å². The molecule has 3 rings (SSSR count). The van der Waals surface area contributed by atoms with E-state index in [9.17, 15) is 0 Å². The number of hydrogen-bond acceptors (Lipinski definition) is 4. The maximum atomic E-state index is 2.57. The van der Waals surface area contributed by atoms with Gasteiger partial charge in [0.1, 0.15) is 0 Å². The maximum Gasteiger partial charge on any atom is 0.0507 e. The lowest BCUT2D eigenvalue weighted by molar-refractivity contribution is 0.263. The second-order valence-corrected chi connectivity index (χ2v) is 7.64. The van der Waals surface area contributed by atoms with Gasteiger partial charge >= 0.3 is 0 Å². The smallest absolute Gasteiger partial charge is 0.0507 e. The molecule has 0 aromatic heterocycles. The Bertz CT molecular complexity index is 523. The van der Waals surface area contributed by atoms with Crippen LogP contribution in [0.3, 0.4) is 0 Å². The molecule has 1 aromatic rings. The van der Waals surface area contributed by atoms with Crippen LogP contribution in [0.4, 0.5) is 0 Å². The van der Waals surface area contributed by atoms with Gasteiger partial charge in [-0.05, 0) is 62.7 Å². The fraction of sp³-hybridized carbons (Fsp3) is 0.684. The van der Waals surface area contributed by atoms with Crippen molar-refractivity contribution in [1.29, 1.82) is 0 Å². The number of rotatable bonds is 4. The van der Waals surface area contributed by atoms with Crippen LogP contribution in [0.1, 0.15) is 27.8 Å². The molecule has 0 atom stereocenters. The third kappa shape index (κ3) is 3.77. The van der Waals surface area contributed by atoms with E-state index in [2.05, 4.69) is 60.5 Å². The van der Waals surface area contributed by atoms with Crippen LogP contribution in [0.25, 0.3) is 0 Å². The summed E-state index contributed by atoms with van der Waals surface area (Å²) < 4.78 is 0. The van der Waals surface area contributed by atoms with Gasteiger partial charge in [0.15, 0.2) is 0 Å². The van der Waals surface area contributed by atoms with Gasteiger partial charge in [0, 0.05) is 39.3 Å². The van der Waals surface area contributed by atoms with Crippen LogP contribution in [0, 0.1) is 20.8 Å². The van der Waals surface area contributed by atoms with E-state index in [0.717, 1.165) is 26.4 Å². The number of hydrogen-bond donors (Lipinski definition) is 0. The van der Waals surface area contributed by atoms with Crippen molar-refractivity contribution in [2.24, 2.45) is 0 Å². The summed E-state index contributed by atoms with van der Waals surface area (Å²) in [7, 11) is 4.42.